The van der Waals surface area contributed by atoms with E-state index in [-0.39, 0.29) is 42.7 Å². The normalized spacial score (nSPS) is 21.4. The number of amides is 2. The van der Waals surface area contributed by atoms with E-state index in [1.807, 2.05) is 19.9 Å². The minimum absolute atomic E-state index is 0.00900. The van der Waals surface area contributed by atoms with Gasteiger partial charge in [-0.05, 0) is 25.0 Å². The number of nitrogens with zero attached hydrogens (tertiary/aromatic N) is 1. The highest BCUT2D eigenvalue weighted by Gasteiger charge is 2.35. The molecule has 0 bridgehead atoms. The quantitative estimate of drug-likeness (QED) is 0.811. The van der Waals surface area contributed by atoms with Gasteiger partial charge in [-0.25, -0.2) is 0 Å². The average Bonchev–Trinajstić information content (AvgIpc) is 3.09. The highest BCUT2D eigenvalue weighted by molar-refractivity contribution is 5.89. The van der Waals surface area contributed by atoms with E-state index < -0.39 is 0 Å². The summed E-state index contributed by atoms with van der Waals surface area (Å²) in [6.07, 6.45) is 1.80. The highest BCUT2D eigenvalue weighted by atomic mass is 16.3. The number of likely N-dealkylation sites (tertiary alicyclic amines) is 1. The Labute approximate surface area is 124 Å². The van der Waals surface area contributed by atoms with Crippen molar-refractivity contribution in [3.05, 3.63) is 24.2 Å². The molecule has 0 aromatic carbocycles. The summed E-state index contributed by atoms with van der Waals surface area (Å²) >= 11 is 0. The summed E-state index contributed by atoms with van der Waals surface area (Å²) in [6, 6.07) is 3.47. The smallest absolute Gasteiger partial charge is 0.225 e. The van der Waals surface area contributed by atoms with Crippen LogP contribution in [-0.2, 0) is 16.1 Å². The van der Waals surface area contributed by atoms with E-state index in [1.165, 1.54) is 0 Å². The Hall–Kier alpha value is -1.82. The second-order valence-corrected chi connectivity index (χ2v) is 5.71. The highest BCUT2D eigenvalue weighted by Crippen LogP contribution is 2.21. The molecule has 6 nitrogen and oxygen atoms in total. The van der Waals surface area contributed by atoms with Crippen LogP contribution in [0, 0.1) is 11.8 Å². The Kier molecular flexibility index (Phi) is 5.01. The number of hydrogen-bond donors (Lipinski definition) is 2. The summed E-state index contributed by atoms with van der Waals surface area (Å²) in [7, 11) is 0. The lowest BCUT2D eigenvalue weighted by Crippen LogP contribution is -2.42. The van der Waals surface area contributed by atoms with Crippen LogP contribution < -0.4 is 5.32 Å². The van der Waals surface area contributed by atoms with Crippen molar-refractivity contribution >= 4 is 11.8 Å². The number of carbonyl (C=O) groups is 2. The molecule has 1 aliphatic rings. The second-order valence-electron chi connectivity index (χ2n) is 5.71. The third-order valence-corrected chi connectivity index (χ3v) is 4.02. The van der Waals surface area contributed by atoms with Crippen LogP contribution in [0.2, 0.25) is 0 Å². The van der Waals surface area contributed by atoms with Gasteiger partial charge in [0.25, 0.3) is 0 Å². The van der Waals surface area contributed by atoms with Crippen molar-refractivity contribution < 1.29 is 19.1 Å². The first-order valence-corrected chi connectivity index (χ1v) is 7.22. The van der Waals surface area contributed by atoms with Crippen LogP contribution in [0.3, 0.4) is 0 Å². The van der Waals surface area contributed by atoms with Crippen LogP contribution in [-0.4, -0.2) is 41.0 Å². The van der Waals surface area contributed by atoms with E-state index in [1.54, 1.807) is 17.2 Å². The maximum absolute atomic E-state index is 12.2. The van der Waals surface area contributed by atoms with E-state index in [2.05, 4.69) is 5.32 Å². The zero-order valence-electron chi connectivity index (χ0n) is 12.4. The molecular formula is C15H22N2O4. The summed E-state index contributed by atoms with van der Waals surface area (Å²) in [5.41, 5.74) is 0. The van der Waals surface area contributed by atoms with Gasteiger partial charge in [0, 0.05) is 25.6 Å². The number of aliphatic hydroxyl groups is 1. The van der Waals surface area contributed by atoms with Crippen molar-refractivity contribution in [2.75, 3.05) is 13.2 Å². The molecule has 1 aromatic rings. The third kappa shape index (κ3) is 3.85. The molecule has 1 fully saturated rings. The topological polar surface area (TPSA) is 82.8 Å². The summed E-state index contributed by atoms with van der Waals surface area (Å²) in [5, 5.41) is 12.0. The van der Waals surface area contributed by atoms with Gasteiger partial charge in [0.1, 0.15) is 5.76 Å². The zero-order valence-corrected chi connectivity index (χ0v) is 12.4. The van der Waals surface area contributed by atoms with Crippen molar-refractivity contribution in [3.8, 4) is 0 Å². The van der Waals surface area contributed by atoms with Gasteiger partial charge in [-0.3, -0.25) is 9.59 Å². The first kappa shape index (κ1) is 15.6. The lowest BCUT2D eigenvalue weighted by molar-refractivity contribution is -0.129. The fourth-order valence-corrected chi connectivity index (χ4v) is 2.33. The van der Waals surface area contributed by atoms with Crippen LogP contribution in [0.5, 0.6) is 0 Å². The molecule has 21 heavy (non-hydrogen) atoms. The van der Waals surface area contributed by atoms with Crippen LogP contribution in [0.25, 0.3) is 0 Å². The maximum Gasteiger partial charge on any atom is 0.225 e. The molecule has 3 unspecified atom stereocenters. The minimum Gasteiger partial charge on any atom is -0.467 e. The molecule has 0 spiro atoms. The number of nitrogens with one attached hydrogen (secondary N) is 1. The Morgan fingerprint density at radius 3 is 2.95 bits per heavy atom. The van der Waals surface area contributed by atoms with Gasteiger partial charge < -0.3 is 19.7 Å². The number of rotatable bonds is 6. The zero-order chi connectivity index (χ0) is 15.4. The van der Waals surface area contributed by atoms with Crippen molar-refractivity contribution in [1.29, 1.82) is 0 Å². The van der Waals surface area contributed by atoms with Crippen LogP contribution in [0.1, 0.15) is 26.0 Å². The molecule has 6 heteroatoms. The van der Waals surface area contributed by atoms with Gasteiger partial charge in [-0.1, -0.05) is 6.92 Å². The van der Waals surface area contributed by atoms with E-state index in [4.69, 9.17) is 9.52 Å². The van der Waals surface area contributed by atoms with Crippen molar-refractivity contribution in [1.82, 2.24) is 10.2 Å². The Morgan fingerprint density at radius 2 is 2.33 bits per heavy atom. The molecule has 0 radical (unpaired) electrons. The van der Waals surface area contributed by atoms with Crippen molar-refractivity contribution in [2.45, 2.75) is 32.9 Å². The average molecular weight is 294 g/mol. The standard InChI is InChI=1S/C15H22N2O4/c1-10(9-18)11(2)16-15(20)12-6-14(19)17(7-12)8-13-4-3-5-21-13/h3-5,10-12,18H,6-9H2,1-2H3,(H,16,20). The molecule has 3 atom stereocenters. The van der Waals surface area contributed by atoms with Gasteiger partial charge in [0.05, 0.1) is 18.7 Å². The van der Waals surface area contributed by atoms with E-state index in [0.717, 1.165) is 0 Å². The van der Waals surface area contributed by atoms with Crippen molar-refractivity contribution in [3.63, 3.8) is 0 Å². The van der Waals surface area contributed by atoms with Gasteiger partial charge in [0.2, 0.25) is 11.8 Å². The van der Waals surface area contributed by atoms with Gasteiger partial charge >= 0.3 is 0 Å². The number of carbonyl (C=O) groups excluding carboxylic acids is 2. The molecule has 1 aromatic heterocycles. The molecule has 2 amide bonds. The van der Waals surface area contributed by atoms with E-state index in [0.29, 0.717) is 18.8 Å². The monoisotopic (exact) mass is 294 g/mol. The molecule has 2 rings (SSSR count). The summed E-state index contributed by atoms with van der Waals surface area (Å²) < 4.78 is 5.23. The summed E-state index contributed by atoms with van der Waals surface area (Å²) in [4.78, 5) is 25.8. The number of aliphatic hydroxyl groups excluding tert-OH is 1. The van der Waals surface area contributed by atoms with Gasteiger partial charge in [-0.2, -0.15) is 0 Å². The van der Waals surface area contributed by atoms with Crippen LogP contribution in [0.4, 0.5) is 0 Å². The largest absolute Gasteiger partial charge is 0.467 e. The van der Waals surface area contributed by atoms with Crippen LogP contribution in [0.15, 0.2) is 22.8 Å². The van der Waals surface area contributed by atoms with E-state index >= 15 is 0 Å². The first-order chi connectivity index (χ1) is 10.0. The lowest BCUT2D eigenvalue weighted by Gasteiger charge is -2.21. The molecule has 1 aliphatic heterocycles. The predicted octanol–water partition coefficient (Wildman–Crippen LogP) is 0.761. The Balaban J connectivity index is 1.88. The minimum atomic E-state index is -0.333. The van der Waals surface area contributed by atoms with Crippen LogP contribution >= 0.6 is 0 Å². The second kappa shape index (κ2) is 6.76. The number of hydrogen-bond acceptors (Lipinski definition) is 4. The SMILES string of the molecule is CC(CO)C(C)NC(=O)C1CC(=O)N(Cc2ccco2)C1. The number of furan rings is 1. The third-order valence-electron chi connectivity index (χ3n) is 4.02. The fourth-order valence-electron chi connectivity index (χ4n) is 2.33. The van der Waals surface area contributed by atoms with Gasteiger partial charge in [0.15, 0.2) is 0 Å². The predicted molar refractivity (Wildman–Crippen MR) is 76.1 cm³/mol. The molecule has 1 saturated heterocycles. The summed E-state index contributed by atoms with van der Waals surface area (Å²) in [6.45, 7) is 4.56. The van der Waals surface area contributed by atoms with Crippen molar-refractivity contribution in [2.24, 2.45) is 11.8 Å². The Bertz CT molecular complexity index is 486. The lowest BCUT2D eigenvalue weighted by atomic mass is 10.0. The molecule has 116 valence electrons. The summed E-state index contributed by atoms with van der Waals surface area (Å²) in [5.74, 6) is 0.213. The maximum atomic E-state index is 12.2. The molecule has 0 saturated carbocycles. The molecule has 0 aliphatic carbocycles. The fraction of sp³-hybridized carbons (Fsp3) is 0.600. The molecule has 2 N–H and O–H groups in total. The molecular weight excluding hydrogens is 272 g/mol. The first-order valence-electron chi connectivity index (χ1n) is 7.22. The van der Waals surface area contributed by atoms with E-state index in [9.17, 15) is 9.59 Å². The molecule has 2 heterocycles. The Morgan fingerprint density at radius 1 is 1.57 bits per heavy atom. The van der Waals surface area contributed by atoms with Gasteiger partial charge in [-0.15, -0.1) is 0 Å².